The molecule has 18 heavy (non-hydrogen) atoms. The number of nitrogens with one attached hydrogen (secondary N) is 1. The molecule has 0 saturated carbocycles. The van der Waals surface area contributed by atoms with Crippen LogP contribution in [0.1, 0.15) is 19.3 Å². The Bertz CT molecular complexity index is 517. The lowest BCUT2D eigenvalue weighted by atomic mass is 10.2. The number of unbranched alkanes of at least 4 members (excludes halogenated alkanes) is 1. The second-order valence-electron chi connectivity index (χ2n) is 3.78. The van der Waals surface area contributed by atoms with Crippen LogP contribution in [0, 0.1) is 0 Å². The van der Waals surface area contributed by atoms with E-state index in [1.165, 1.54) is 12.1 Å². The van der Waals surface area contributed by atoms with Gasteiger partial charge < -0.3 is 5.73 Å². The van der Waals surface area contributed by atoms with E-state index in [9.17, 15) is 13.2 Å². The Morgan fingerprint density at radius 1 is 1.33 bits per heavy atom. The van der Waals surface area contributed by atoms with Gasteiger partial charge in [-0.25, -0.2) is 13.1 Å². The highest BCUT2D eigenvalue weighted by molar-refractivity contribution is 9.10. The Kier molecular flexibility index (Phi) is 5.77. The van der Waals surface area contributed by atoms with Crippen molar-refractivity contribution in [3.8, 4) is 0 Å². The standard InChI is InChI=1S/C11H15BrN2O3S/c12-9-4-3-5-10(8-9)18(16,17)14-7-2-1-6-11(13)15/h3-5,8,14H,1-2,6-7H2,(H2,13,15). The van der Waals surface area contributed by atoms with Crippen LogP contribution in [0.3, 0.4) is 0 Å². The van der Waals surface area contributed by atoms with Crippen molar-refractivity contribution in [2.24, 2.45) is 5.73 Å². The van der Waals surface area contributed by atoms with E-state index < -0.39 is 10.0 Å². The summed E-state index contributed by atoms with van der Waals surface area (Å²) in [6, 6.07) is 6.47. The van der Waals surface area contributed by atoms with E-state index in [-0.39, 0.29) is 17.2 Å². The number of carbonyl (C=O) groups is 1. The third-order valence-electron chi connectivity index (χ3n) is 2.25. The molecule has 7 heteroatoms. The molecule has 0 saturated heterocycles. The van der Waals surface area contributed by atoms with E-state index in [0.29, 0.717) is 23.9 Å². The van der Waals surface area contributed by atoms with Crippen molar-refractivity contribution in [3.05, 3.63) is 28.7 Å². The SMILES string of the molecule is NC(=O)CCCCNS(=O)(=O)c1cccc(Br)c1. The molecular formula is C11H15BrN2O3S. The molecule has 0 spiro atoms. The number of benzene rings is 1. The first-order valence-corrected chi connectivity index (χ1v) is 7.73. The topological polar surface area (TPSA) is 89.3 Å². The number of carbonyl (C=O) groups excluding carboxylic acids is 1. The minimum atomic E-state index is -3.48. The van der Waals surface area contributed by atoms with Gasteiger partial charge in [-0.1, -0.05) is 22.0 Å². The number of primary amides is 1. The van der Waals surface area contributed by atoms with Gasteiger partial charge in [0.25, 0.3) is 0 Å². The number of sulfonamides is 1. The summed E-state index contributed by atoms with van der Waals surface area (Å²) in [5, 5.41) is 0. The van der Waals surface area contributed by atoms with Crippen LogP contribution in [0.15, 0.2) is 33.6 Å². The smallest absolute Gasteiger partial charge is 0.240 e. The summed E-state index contributed by atoms with van der Waals surface area (Å²) in [6.07, 6.45) is 1.44. The average molecular weight is 335 g/mol. The molecular weight excluding hydrogens is 320 g/mol. The summed E-state index contributed by atoms with van der Waals surface area (Å²) in [7, 11) is -3.48. The van der Waals surface area contributed by atoms with Gasteiger partial charge in [-0.05, 0) is 31.0 Å². The van der Waals surface area contributed by atoms with Crippen LogP contribution < -0.4 is 10.5 Å². The predicted molar refractivity (Wildman–Crippen MR) is 72.4 cm³/mol. The molecule has 0 aliphatic rings. The lowest BCUT2D eigenvalue weighted by Crippen LogP contribution is -2.25. The summed E-state index contributed by atoms with van der Waals surface area (Å²) in [6.45, 7) is 0.294. The third-order valence-corrected chi connectivity index (χ3v) is 4.20. The van der Waals surface area contributed by atoms with Crippen molar-refractivity contribution in [3.63, 3.8) is 0 Å². The fourth-order valence-electron chi connectivity index (χ4n) is 1.35. The number of rotatable bonds is 7. The number of hydrogen-bond acceptors (Lipinski definition) is 3. The van der Waals surface area contributed by atoms with Crippen LogP contribution in [0.25, 0.3) is 0 Å². The second-order valence-corrected chi connectivity index (χ2v) is 6.46. The van der Waals surface area contributed by atoms with Crippen LogP contribution in [0.2, 0.25) is 0 Å². The molecule has 1 amide bonds. The van der Waals surface area contributed by atoms with Crippen molar-refractivity contribution in [1.82, 2.24) is 4.72 Å². The average Bonchev–Trinajstić information content (AvgIpc) is 2.28. The molecule has 0 bridgehead atoms. The Hall–Kier alpha value is -0.920. The summed E-state index contributed by atoms with van der Waals surface area (Å²) < 4.78 is 26.9. The highest BCUT2D eigenvalue weighted by Crippen LogP contribution is 2.15. The molecule has 5 nitrogen and oxygen atoms in total. The van der Waals surface area contributed by atoms with Crippen LogP contribution in [0.5, 0.6) is 0 Å². The molecule has 1 aromatic rings. The first kappa shape index (κ1) is 15.1. The van der Waals surface area contributed by atoms with Crippen molar-refractivity contribution in [2.75, 3.05) is 6.54 Å². The number of halogens is 1. The molecule has 0 unspecified atom stereocenters. The van der Waals surface area contributed by atoms with Gasteiger partial charge in [0.2, 0.25) is 15.9 Å². The Balaban J connectivity index is 2.48. The zero-order valence-electron chi connectivity index (χ0n) is 9.73. The van der Waals surface area contributed by atoms with E-state index in [1.54, 1.807) is 12.1 Å². The number of amides is 1. The fraction of sp³-hybridized carbons (Fsp3) is 0.364. The van der Waals surface area contributed by atoms with Crippen molar-refractivity contribution in [1.29, 1.82) is 0 Å². The molecule has 1 rings (SSSR count). The van der Waals surface area contributed by atoms with E-state index in [2.05, 4.69) is 20.7 Å². The van der Waals surface area contributed by atoms with Crippen LogP contribution in [-0.4, -0.2) is 20.9 Å². The largest absolute Gasteiger partial charge is 0.370 e. The molecule has 0 aliphatic heterocycles. The zero-order chi connectivity index (χ0) is 13.6. The minimum absolute atomic E-state index is 0.215. The first-order chi connectivity index (χ1) is 8.42. The summed E-state index contributed by atoms with van der Waals surface area (Å²) in [4.78, 5) is 10.7. The quantitative estimate of drug-likeness (QED) is 0.738. The summed E-state index contributed by atoms with van der Waals surface area (Å²) >= 11 is 3.22. The molecule has 3 N–H and O–H groups in total. The van der Waals surface area contributed by atoms with Crippen LogP contribution in [0.4, 0.5) is 0 Å². The number of nitrogens with two attached hydrogens (primary N) is 1. The lowest BCUT2D eigenvalue weighted by molar-refractivity contribution is -0.118. The van der Waals surface area contributed by atoms with Gasteiger partial charge in [0.1, 0.15) is 0 Å². The molecule has 0 radical (unpaired) electrons. The van der Waals surface area contributed by atoms with Crippen molar-refractivity contribution >= 4 is 31.9 Å². The highest BCUT2D eigenvalue weighted by Gasteiger charge is 2.12. The Morgan fingerprint density at radius 3 is 2.67 bits per heavy atom. The maximum atomic E-state index is 11.9. The summed E-state index contributed by atoms with van der Waals surface area (Å²) in [5.74, 6) is -0.371. The maximum Gasteiger partial charge on any atom is 0.240 e. The van der Waals surface area contributed by atoms with Gasteiger partial charge in [-0.15, -0.1) is 0 Å². The molecule has 100 valence electrons. The summed E-state index contributed by atoms with van der Waals surface area (Å²) in [5.41, 5.74) is 4.99. The van der Waals surface area contributed by atoms with Gasteiger partial charge >= 0.3 is 0 Å². The van der Waals surface area contributed by atoms with Gasteiger partial charge in [0.05, 0.1) is 4.90 Å². The van der Waals surface area contributed by atoms with Gasteiger partial charge in [0.15, 0.2) is 0 Å². The molecule has 1 aromatic carbocycles. The first-order valence-electron chi connectivity index (χ1n) is 5.45. The molecule has 0 heterocycles. The molecule has 0 atom stereocenters. The zero-order valence-corrected chi connectivity index (χ0v) is 12.1. The van der Waals surface area contributed by atoms with Gasteiger partial charge in [-0.3, -0.25) is 4.79 Å². The van der Waals surface area contributed by atoms with Crippen molar-refractivity contribution < 1.29 is 13.2 Å². The third kappa shape index (κ3) is 5.16. The second kappa shape index (κ2) is 6.86. The lowest BCUT2D eigenvalue weighted by Gasteiger charge is -2.06. The van der Waals surface area contributed by atoms with Gasteiger partial charge in [0, 0.05) is 17.4 Å². The van der Waals surface area contributed by atoms with E-state index in [4.69, 9.17) is 5.73 Å². The fourth-order valence-corrected chi connectivity index (χ4v) is 3.02. The monoisotopic (exact) mass is 334 g/mol. The van der Waals surface area contributed by atoms with Crippen LogP contribution in [-0.2, 0) is 14.8 Å². The highest BCUT2D eigenvalue weighted by atomic mass is 79.9. The van der Waals surface area contributed by atoms with E-state index >= 15 is 0 Å². The van der Waals surface area contributed by atoms with E-state index in [1.807, 2.05) is 0 Å². The number of hydrogen-bond donors (Lipinski definition) is 2. The molecule has 0 aromatic heterocycles. The normalized spacial score (nSPS) is 11.4. The van der Waals surface area contributed by atoms with E-state index in [0.717, 1.165) is 0 Å². The van der Waals surface area contributed by atoms with Gasteiger partial charge in [-0.2, -0.15) is 0 Å². The minimum Gasteiger partial charge on any atom is -0.370 e. The maximum absolute atomic E-state index is 11.9. The van der Waals surface area contributed by atoms with Crippen molar-refractivity contribution in [2.45, 2.75) is 24.2 Å². The van der Waals surface area contributed by atoms with Crippen LogP contribution >= 0.6 is 15.9 Å². The Labute approximate surface area is 115 Å². The Morgan fingerprint density at radius 2 is 2.06 bits per heavy atom. The molecule has 0 fully saturated rings. The molecule has 0 aliphatic carbocycles. The predicted octanol–water partition coefficient (Wildman–Crippen LogP) is 1.38.